The number of nitrogens with one attached hydrogen (secondary N) is 2. The van der Waals surface area contributed by atoms with E-state index in [2.05, 4.69) is 10.6 Å². The highest BCUT2D eigenvalue weighted by atomic mass is 35.5. The number of nitrogens with zero attached hydrogens (tertiary/aromatic N) is 2. The number of carbonyl (C=O) groups is 5. The molecule has 1 aromatic heterocycles. The normalized spacial score (nSPS) is 17.5. The van der Waals surface area contributed by atoms with E-state index in [0.717, 1.165) is 10.1 Å². The molecule has 4 amide bonds. The number of piperidine rings is 2. The molecule has 3 N–H and O–H groups in total. The van der Waals surface area contributed by atoms with Gasteiger partial charge in [-0.3, -0.25) is 24.0 Å². The van der Waals surface area contributed by atoms with Gasteiger partial charge < -0.3 is 25.5 Å². The zero-order chi connectivity index (χ0) is 29.7. The van der Waals surface area contributed by atoms with Crippen molar-refractivity contribution in [2.45, 2.75) is 51.1 Å². The van der Waals surface area contributed by atoms with Crippen LogP contribution in [-0.4, -0.2) is 82.8 Å². The van der Waals surface area contributed by atoms with Crippen LogP contribution in [0.4, 0.5) is 0 Å². The van der Waals surface area contributed by atoms with Gasteiger partial charge in [0.25, 0.3) is 0 Å². The molecule has 3 heterocycles. The molecule has 1 atom stereocenters. The Morgan fingerprint density at radius 1 is 1.05 bits per heavy atom. The second-order valence-corrected chi connectivity index (χ2v) is 12.0. The average Bonchev–Trinajstić information content (AvgIpc) is 3.42. The maximum absolute atomic E-state index is 13.0. The molecule has 1 aromatic carbocycles. The van der Waals surface area contributed by atoms with E-state index >= 15 is 0 Å². The molecule has 4 rings (SSSR count). The molecule has 0 bridgehead atoms. The molecule has 220 valence electrons. The van der Waals surface area contributed by atoms with Crippen molar-refractivity contribution < 1.29 is 29.1 Å². The van der Waals surface area contributed by atoms with Crippen molar-refractivity contribution in [1.82, 2.24) is 20.4 Å². The van der Waals surface area contributed by atoms with Crippen LogP contribution in [0.2, 0.25) is 10.0 Å². The van der Waals surface area contributed by atoms with Gasteiger partial charge in [0.2, 0.25) is 23.6 Å². The summed E-state index contributed by atoms with van der Waals surface area (Å²) < 4.78 is 0.893. The Hall–Kier alpha value is -3.15. The number of carboxylic acids is 1. The van der Waals surface area contributed by atoms with Crippen LogP contribution in [0.5, 0.6) is 0 Å². The molecule has 2 aromatic rings. The van der Waals surface area contributed by atoms with Gasteiger partial charge in [0.1, 0.15) is 6.04 Å². The highest BCUT2D eigenvalue weighted by Crippen LogP contribution is 2.37. The lowest BCUT2D eigenvalue weighted by molar-refractivity contribution is -0.142. The summed E-state index contributed by atoms with van der Waals surface area (Å²) in [7, 11) is 0. The molecule has 0 unspecified atom stereocenters. The molecule has 10 nitrogen and oxygen atoms in total. The van der Waals surface area contributed by atoms with Gasteiger partial charge in [-0.25, -0.2) is 0 Å². The maximum Gasteiger partial charge on any atom is 0.305 e. The van der Waals surface area contributed by atoms with Crippen molar-refractivity contribution >= 4 is 80.3 Å². The number of rotatable bonds is 8. The molecule has 2 fully saturated rings. The Morgan fingerprint density at radius 3 is 2.34 bits per heavy atom. The van der Waals surface area contributed by atoms with Crippen molar-refractivity contribution in [3.05, 3.63) is 39.2 Å². The smallest absolute Gasteiger partial charge is 0.305 e. The summed E-state index contributed by atoms with van der Waals surface area (Å²) >= 11 is 14.3. The lowest BCUT2D eigenvalue weighted by atomic mass is 9.95. The SMILES string of the molecule is CC(=O)N1CCC(C(=O)N[C@@H](CC(=O)O)C(=O)NC2CCN(C(=O)/C=C/c3cc4ccsc4c(Cl)c3Cl)CC2)CC1. The minimum absolute atomic E-state index is 0.0546. The van der Waals surface area contributed by atoms with Crippen LogP contribution in [0.1, 0.15) is 44.6 Å². The summed E-state index contributed by atoms with van der Waals surface area (Å²) in [6, 6.07) is 2.33. The Kier molecular flexibility index (Phi) is 10.3. The number of halogens is 2. The van der Waals surface area contributed by atoms with Crippen molar-refractivity contribution in [3.8, 4) is 0 Å². The van der Waals surface area contributed by atoms with Gasteiger partial charge in [-0.15, -0.1) is 11.3 Å². The standard InChI is InChI=1S/C28H32Cl2N4O6S/c1-16(35)33-9-4-17(5-10-33)27(39)32-21(15-23(37)38)28(40)31-20-6-11-34(12-7-20)22(36)3-2-18-14-19-8-13-41-26(19)25(30)24(18)29/h2-3,8,13-14,17,20-21H,4-7,9-12,15H2,1H3,(H,31,40)(H,32,39)(H,37,38)/b3-2+/t21-/m0/s1. The van der Waals surface area contributed by atoms with Gasteiger partial charge in [-0.05, 0) is 60.2 Å². The van der Waals surface area contributed by atoms with E-state index in [1.807, 2.05) is 17.5 Å². The fourth-order valence-electron chi connectivity index (χ4n) is 5.13. The predicted octanol–water partition coefficient (Wildman–Crippen LogP) is 3.55. The lowest BCUT2D eigenvalue weighted by Gasteiger charge is -2.33. The molecule has 2 aliphatic heterocycles. The maximum atomic E-state index is 13.0. The zero-order valence-electron chi connectivity index (χ0n) is 22.5. The van der Waals surface area contributed by atoms with Crippen molar-refractivity contribution in [3.63, 3.8) is 0 Å². The molecular weight excluding hydrogens is 591 g/mol. The van der Waals surface area contributed by atoms with E-state index in [4.69, 9.17) is 23.2 Å². The topological polar surface area (TPSA) is 136 Å². The summed E-state index contributed by atoms with van der Waals surface area (Å²) in [5.74, 6) is -2.80. The van der Waals surface area contributed by atoms with Crippen LogP contribution in [0.15, 0.2) is 23.6 Å². The number of hydrogen-bond acceptors (Lipinski definition) is 6. The highest BCUT2D eigenvalue weighted by molar-refractivity contribution is 7.18. The summed E-state index contributed by atoms with van der Waals surface area (Å²) in [5, 5.41) is 18.5. The highest BCUT2D eigenvalue weighted by Gasteiger charge is 2.32. The Morgan fingerprint density at radius 2 is 1.71 bits per heavy atom. The number of likely N-dealkylation sites (tertiary alicyclic amines) is 2. The van der Waals surface area contributed by atoms with Crippen LogP contribution in [-0.2, 0) is 24.0 Å². The molecule has 0 saturated carbocycles. The van der Waals surface area contributed by atoms with Gasteiger partial charge >= 0.3 is 5.97 Å². The number of carbonyl (C=O) groups excluding carboxylic acids is 4. The van der Waals surface area contributed by atoms with Crippen LogP contribution in [0.3, 0.4) is 0 Å². The number of amides is 4. The number of benzene rings is 1. The minimum Gasteiger partial charge on any atom is -0.481 e. The van der Waals surface area contributed by atoms with E-state index in [9.17, 15) is 29.1 Å². The first-order valence-electron chi connectivity index (χ1n) is 13.4. The second kappa shape index (κ2) is 13.7. The number of carboxylic acid groups (broad SMARTS) is 1. The molecule has 2 saturated heterocycles. The first-order valence-corrected chi connectivity index (χ1v) is 15.1. The third-order valence-corrected chi connectivity index (χ3v) is 9.48. The van der Waals surface area contributed by atoms with Gasteiger partial charge in [-0.2, -0.15) is 0 Å². The molecule has 41 heavy (non-hydrogen) atoms. The molecular formula is C28H32Cl2N4O6S. The molecule has 0 spiro atoms. The quantitative estimate of drug-likeness (QED) is 0.385. The van der Waals surface area contributed by atoms with E-state index in [-0.39, 0.29) is 23.8 Å². The van der Waals surface area contributed by atoms with E-state index < -0.39 is 30.3 Å². The van der Waals surface area contributed by atoms with Crippen LogP contribution in [0, 0.1) is 5.92 Å². The lowest BCUT2D eigenvalue weighted by Crippen LogP contribution is -2.54. The molecule has 0 aliphatic carbocycles. The third kappa shape index (κ3) is 7.78. The number of hydrogen-bond donors (Lipinski definition) is 3. The largest absolute Gasteiger partial charge is 0.481 e. The van der Waals surface area contributed by atoms with Crippen LogP contribution < -0.4 is 10.6 Å². The predicted molar refractivity (Wildman–Crippen MR) is 158 cm³/mol. The first-order chi connectivity index (χ1) is 19.5. The number of aliphatic carboxylic acids is 1. The first kappa shape index (κ1) is 30.8. The Bertz CT molecular complexity index is 1360. The second-order valence-electron chi connectivity index (χ2n) is 10.3. The zero-order valence-corrected chi connectivity index (χ0v) is 24.9. The molecule has 0 radical (unpaired) electrons. The third-order valence-electron chi connectivity index (χ3n) is 7.53. The van der Waals surface area contributed by atoms with Crippen molar-refractivity contribution in [1.29, 1.82) is 0 Å². The Labute approximate surface area is 251 Å². The monoisotopic (exact) mass is 622 g/mol. The van der Waals surface area contributed by atoms with Gasteiger partial charge in [-0.1, -0.05) is 23.2 Å². The van der Waals surface area contributed by atoms with Crippen molar-refractivity contribution in [2.24, 2.45) is 5.92 Å². The fourth-order valence-corrected chi connectivity index (χ4v) is 6.57. The van der Waals surface area contributed by atoms with Gasteiger partial charge in [0, 0.05) is 51.1 Å². The van der Waals surface area contributed by atoms with Crippen molar-refractivity contribution in [2.75, 3.05) is 26.2 Å². The van der Waals surface area contributed by atoms with Crippen LogP contribution in [0.25, 0.3) is 16.2 Å². The molecule has 13 heteroatoms. The average molecular weight is 624 g/mol. The van der Waals surface area contributed by atoms with E-state index in [1.165, 1.54) is 24.3 Å². The van der Waals surface area contributed by atoms with Crippen LogP contribution >= 0.6 is 34.5 Å². The van der Waals surface area contributed by atoms with Gasteiger partial charge in [0.05, 0.1) is 21.2 Å². The number of fused-ring (bicyclic) bond motifs is 1. The summed E-state index contributed by atoms with van der Waals surface area (Å²) in [5.41, 5.74) is 0.647. The summed E-state index contributed by atoms with van der Waals surface area (Å²) in [4.78, 5) is 64.8. The summed E-state index contributed by atoms with van der Waals surface area (Å²) in [6.45, 7) is 3.16. The van der Waals surface area contributed by atoms with E-state index in [1.54, 1.807) is 15.9 Å². The summed E-state index contributed by atoms with van der Waals surface area (Å²) in [6.07, 6.45) is 4.42. The van der Waals surface area contributed by atoms with E-state index in [0.29, 0.717) is 67.5 Å². The minimum atomic E-state index is -1.22. The Balaban J connectivity index is 1.28. The fraction of sp³-hybridized carbons (Fsp3) is 0.464. The van der Waals surface area contributed by atoms with Gasteiger partial charge in [0.15, 0.2) is 0 Å². The number of thiophene rings is 1. The molecule has 2 aliphatic rings.